The van der Waals surface area contributed by atoms with Crippen LogP contribution in [-0.2, 0) is 0 Å². The first-order valence-electron chi connectivity index (χ1n) is 4.62. The Morgan fingerprint density at radius 3 is 2.50 bits per heavy atom. The lowest BCUT2D eigenvalue weighted by Gasteiger charge is -2.05. The highest BCUT2D eigenvalue weighted by Gasteiger charge is 2.14. The van der Waals surface area contributed by atoms with Crippen molar-refractivity contribution < 1.29 is 14.3 Å². The number of aromatic carboxylic acids is 1. The number of hydrogen-bond donors (Lipinski definition) is 1. The number of aromatic nitrogens is 1. The first-order chi connectivity index (χ1) is 7.70. The van der Waals surface area contributed by atoms with Gasteiger partial charge in [0.25, 0.3) is 0 Å². The summed E-state index contributed by atoms with van der Waals surface area (Å²) in [6.07, 6.45) is 3.06. The summed E-state index contributed by atoms with van der Waals surface area (Å²) in [4.78, 5) is 14.6. The Balaban J connectivity index is 2.59. The van der Waals surface area contributed by atoms with Gasteiger partial charge in [-0.3, -0.25) is 4.98 Å². The Morgan fingerprint density at radius 1 is 1.19 bits per heavy atom. The number of benzene rings is 1. The monoisotopic (exact) mass is 217 g/mol. The van der Waals surface area contributed by atoms with Gasteiger partial charge in [0.2, 0.25) is 0 Å². The standard InChI is InChI=1S/C12H8FNO2/c13-11-9(8-4-6-14-7-5-8)2-1-3-10(11)12(15)16/h1-7H,(H,15,16). The van der Waals surface area contributed by atoms with Crippen LogP contribution in [0.5, 0.6) is 0 Å². The van der Waals surface area contributed by atoms with Gasteiger partial charge in [-0.1, -0.05) is 12.1 Å². The van der Waals surface area contributed by atoms with Crippen molar-refractivity contribution in [3.63, 3.8) is 0 Å². The molecule has 0 bridgehead atoms. The molecule has 0 unspecified atom stereocenters. The molecule has 0 spiro atoms. The summed E-state index contributed by atoms with van der Waals surface area (Å²) >= 11 is 0. The predicted octanol–water partition coefficient (Wildman–Crippen LogP) is 2.59. The molecule has 0 aliphatic rings. The Bertz CT molecular complexity index is 526. The van der Waals surface area contributed by atoms with Crippen molar-refractivity contribution in [2.75, 3.05) is 0 Å². The van der Waals surface area contributed by atoms with Crippen LogP contribution in [0.3, 0.4) is 0 Å². The van der Waals surface area contributed by atoms with E-state index in [4.69, 9.17) is 5.11 Å². The molecule has 0 aliphatic heterocycles. The topological polar surface area (TPSA) is 50.2 Å². The van der Waals surface area contributed by atoms with Crippen molar-refractivity contribution in [1.82, 2.24) is 4.98 Å². The van der Waals surface area contributed by atoms with Crippen LogP contribution in [-0.4, -0.2) is 16.1 Å². The number of rotatable bonds is 2. The predicted molar refractivity (Wildman–Crippen MR) is 56.6 cm³/mol. The van der Waals surface area contributed by atoms with Gasteiger partial charge in [0.05, 0.1) is 5.56 Å². The maximum Gasteiger partial charge on any atom is 0.338 e. The van der Waals surface area contributed by atoms with E-state index in [1.807, 2.05) is 0 Å². The zero-order valence-corrected chi connectivity index (χ0v) is 8.22. The summed E-state index contributed by atoms with van der Waals surface area (Å²) in [7, 11) is 0. The zero-order chi connectivity index (χ0) is 11.5. The lowest BCUT2D eigenvalue weighted by Crippen LogP contribution is -2.01. The van der Waals surface area contributed by atoms with Gasteiger partial charge in [-0.05, 0) is 23.8 Å². The lowest BCUT2D eigenvalue weighted by molar-refractivity contribution is 0.0692. The number of hydrogen-bond acceptors (Lipinski definition) is 2. The highest BCUT2D eigenvalue weighted by atomic mass is 19.1. The summed E-state index contributed by atoms with van der Waals surface area (Å²) in [5.74, 6) is -1.99. The SMILES string of the molecule is O=C(O)c1cccc(-c2ccncc2)c1F. The molecule has 1 heterocycles. The minimum atomic E-state index is -1.27. The molecule has 0 saturated heterocycles. The molecule has 1 aromatic heterocycles. The van der Waals surface area contributed by atoms with E-state index in [1.165, 1.54) is 30.6 Å². The maximum atomic E-state index is 13.8. The van der Waals surface area contributed by atoms with Crippen LogP contribution in [0.15, 0.2) is 42.7 Å². The van der Waals surface area contributed by atoms with E-state index in [0.717, 1.165) is 0 Å². The number of carboxylic acids is 1. The van der Waals surface area contributed by atoms with E-state index in [1.54, 1.807) is 12.1 Å². The van der Waals surface area contributed by atoms with Crippen molar-refractivity contribution in [1.29, 1.82) is 0 Å². The number of nitrogens with zero attached hydrogens (tertiary/aromatic N) is 1. The van der Waals surface area contributed by atoms with Crippen molar-refractivity contribution in [3.05, 3.63) is 54.1 Å². The van der Waals surface area contributed by atoms with Crippen LogP contribution in [0.4, 0.5) is 4.39 Å². The first-order valence-corrected chi connectivity index (χ1v) is 4.62. The lowest BCUT2D eigenvalue weighted by atomic mass is 10.0. The molecule has 1 aromatic carbocycles. The van der Waals surface area contributed by atoms with E-state index in [0.29, 0.717) is 5.56 Å². The average Bonchev–Trinajstić information content (AvgIpc) is 2.30. The summed E-state index contributed by atoms with van der Waals surface area (Å²) in [6, 6.07) is 7.55. The highest BCUT2D eigenvalue weighted by molar-refractivity contribution is 5.89. The molecule has 3 nitrogen and oxygen atoms in total. The zero-order valence-electron chi connectivity index (χ0n) is 8.22. The number of halogens is 1. The van der Waals surface area contributed by atoms with Gasteiger partial charge in [0.15, 0.2) is 0 Å². The normalized spacial score (nSPS) is 10.1. The van der Waals surface area contributed by atoms with Gasteiger partial charge in [-0.15, -0.1) is 0 Å². The van der Waals surface area contributed by atoms with Gasteiger partial charge in [0, 0.05) is 18.0 Å². The molecule has 16 heavy (non-hydrogen) atoms. The van der Waals surface area contributed by atoms with Gasteiger partial charge in [0.1, 0.15) is 5.82 Å². The molecular formula is C12H8FNO2. The Hall–Kier alpha value is -2.23. The molecule has 0 radical (unpaired) electrons. The van der Waals surface area contributed by atoms with Crippen LogP contribution in [0, 0.1) is 5.82 Å². The largest absolute Gasteiger partial charge is 0.478 e. The third kappa shape index (κ3) is 1.77. The van der Waals surface area contributed by atoms with E-state index in [-0.39, 0.29) is 11.1 Å². The maximum absolute atomic E-state index is 13.8. The molecule has 2 rings (SSSR count). The number of carbonyl (C=O) groups is 1. The third-order valence-electron chi connectivity index (χ3n) is 2.22. The fourth-order valence-corrected chi connectivity index (χ4v) is 1.45. The quantitative estimate of drug-likeness (QED) is 0.841. The third-order valence-corrected chi connectivity index (χ3v) is 2.22. The van der Waals surface area contributed by atoms with E-state index in [9.17, 15) is 9.18 Å². The molecule has 2 aromatic rings. The van der Waals surface area contributed by atoms with Gasteiger partial charge in [-0.25, -0.2) is 9.18 Å². The molecule has 0 saturated carbocycles. The first kappa shape index (κ1) is 10.3. The Morgan fingerprint density at radius 2 is 1.88 bits per heavy atom. The van der Waals surface area contributed by atoms with E-state index in [2.05, 4.69) is 4.98 Å². The fraction of sp³-hybridized carbons (Fsp3) is 0. The molecule has 0 fully saturated rings. The van der Waals surface area contributed by atoms with Crippen molar-refractivity contribution in [2.24, 2.45) is 0 Å². The molecule has 0 atom stereocenters. The van der Waals surface area contributed by atoms with Crippen LogP contribution in [0.1, 0.15) is 10.4 Å². The second kappa shape index (κ2) is 4.10. The minimum Gasteiger partial charge on any atom is -0.478 e. The minimum absolute atomic E-state index is 0.266. The molecular weight excluding hydrogens is 209 g/mol. The summed E-state index contributed by atoms with van der Waals surface area (Å²) in [6.45, 7) is 0. The summed E-state index contributed by atoms with van der Waals surface area (Å²) in [5.41, 5.74) is 0.548. The number of pyridine rings is 1. The van der Waals surface area contributed by atoms with Gasteiger partial charge in [-0.2, -0.15) is 0 Å². The average molecular weight is 217 g/mol. The molecule has 1 N–H and O–H groups in total. The summed E-state index contributed by atoms with van der Waals surface area (Å²) in [5, 5.41) is 8.78. The second-order valence-corrected chi connectivity index (χ2v) is 3.21. The second-order valence-electron chi connectivity index (χ2n) is 3.21. The highest BCUT2D eigenvalue weighted by Crippen LogP contribution is 2.24. The van der Waals surface area contributed by atoms with Gasteiger partial charge < -0.3 is 5.11 Å². The van der Waals surface area contributed by atoms with Gasteiger partial charge >= 0.3 is 5.97 Å². The smallest absolute Gasteiger partial charge is 0.338 e. The number of carboxylic acid groups (broad SMARTS) is 1. The van der Waals surface area contributed by atoms with Crippen molar-refractivity contribution in [2.45, 2.75) is 0 Å². The molecule has 0 aliphatic carbocycles. The Labute approximate surface area is 91.2 Å². The van der Waals surface area contributed by atoms with Crippen molar-refractivity contribution in [3.8, 4) is 11.1 Å². The van der Waals surface area contributed by atoms with Crippen LogP contribution >= 0.6 is 0 Å². The van der Waals surface area contributed by atoms with E-state index < -0.39 is 11.8 Å². The van der Waals surface area contributed by atoms with Crippen LogP contribution in [0.2, 0.25) is 0 Å². The van der Waals surface area contributed by atoms with Crippen LogP contribution < -0.4 is 0 Å². The summed E-state index contributed by atoms with van der Waals surface area (Å²) < 4.78 is 13.8. The van der Waals surface area contributed by atoms with Crippen LogP contribution in [0.25, 0.3) is 11.1 Å². The Kier molecular flexibility index (Phi) is 2.64. The van der Waals surface area contributed by atoms with E-state index >= 15 is 0 Å². The van der Waals surface area contributed by atoms with Crippen molar-refractivity contribution >= 4 is 5.97 Å². The molecule has 0 amide bonds. The fourth-order valence-electron chi connectivity index (χ4n) is 1.45. The molecule has 4 heteroatoms. The molecule has 80 valence electrons.